The van der Waals surface area contributed by atoms with E-state index >= 15 is 0 Å². The van der Waals surface area contributed by atoms with E-state index in [1.54, 1.807) is 0 Å². The van der Waals surface area contributed by atoms with Crippen molar-refractivity contribution < 1.29 is 0 Å². The second-order valence-electron chi connectivity index (χ2n) is 2.06. The Kier molecular flexibility index (Phi) is 2.11. The fourth-order valence-electron chi connectivity index (χ4n) is 0.732. The molecular weight excluding hydrogens is 211 g/mol. The van der Waals surface area contributed by atoms with E-state index in [2.05, 4.69) is 41.7 Å². The minimum Gasteiger partial charge on any atom is -0.0841 e. The molecule has 1 aliphatic carbocycles. The van der Waals surface area contributed by atoms with Gasteiger partial charge in [0.1, 0.15) is 0 Å². The van der Waals surface area contributed by atoms with Gasteiger partial charge in [0, 0.05) is 0 Å². The van der Waals surface area contributed by atoms with Gasteiger partial charge in [0.2, 0.25) is 0 Å². The van der Waals surface area contributed by atoms with Crippen LogP contribution in [0, 0.1) is 0 Å². The first-order valence-corrected chi connectivity index (χ1v) is 3.87. The standard InChI is InChI=1S/C7H9I/c1-6-4-2-3-5-7(6)8/h2-3H,4-5H2,1H3. The average Bonchev–Trinajstić information content (AvgIpc) is 1.77. The zero-order valence-corrected chi connectivity index (χ0v) is 7.10. The summed E-state index contributed by atoms with van der Waals surface area (Å²) in [5, 5.41) is 0. The van der Waals surface area contributed by atoms with Crippen molar-refractivity contribution in [1.82, 2.24) is 0 Å². The van der Waals surface area contributed by atoms with Crippen LogP contribution in [0.15, 0.2) is 21.3 Å². The Hall–Kier alpha value is 0.210. The molecule has 0 radical (unpaired) electrons. The van der Waals surface area contributed by atoms with Gasteiger partial charge in [-0.1, -0.05) is 17.7 Å². The Morgan fingerprint density at radius 2 is 2.00 bits per heavy atom. The molecule has 0 aromatic heterocycles. The molecule has 1 aliphatic rings. The van der Waals surface area contributed by atoms with Crippen LogP contribution in [0.3, 0.4) is 0 Å². The maximum absolute atomic E-state index is 2.41. The first-order valence-electron chi connectivity index (χ1n) is 2.80. The quantitative estimate of drug-likeness (QED) is 0.434. The highest BCUT2D eigenvalue weighted by atomic mass is 127. The highest BCUT2D eigenvalue weighted by Gasteiger charge is 1.98. The van der Waals surface area contributed by atoms with E-state index < -0.39 is 0 Å². The van der Waals surface area contributed by atoms with E-state index in [0.717, 1.165) is 12.8 Å². The molecule has 0 amide bonds. The molecule has 0 aromatic rings. The summed E-state index contributed by atoms with van der Waals surface area (Å²) < 4.78 is 1.52. The summed E-state index contributed by atoms with van der Waals surface area (Å²) in [6.07, 6.45) is 6.79. The summed E-state index contributed by atoms with van der Waals surface area (Å²) in [7, 11) is 0. The van der Waals surface area contributed by atoms with E-state index in [0.29, 0.717) is 0 Å². The minimum atomic E-state index is 1.16. The molecule has 0 heterocycles. The predicted octanol–water partition coefficient (Wildman–Crippen LogP) is 3.05. The van der Waals surface area contributed by atoms with Crippen LogP contribution in [-0.2, 0) is 0 Å². The fraction of sp³-hybridized carbons (Fsp3) is 0.429. The maximum atomic E-state index is 2.41. The first kappa shape index (κ1) is 6.33. The molecule has 0 nitrogen and oxygen atoms in total. The molecule has 0 unspecified atom stereocenters. The summed E-state index contributed by atoms with van der Waals surface area (Å²) in [5.74, 6) is 0. The molecule has 1 heteroatoms. The third-order valence-corrected chi connectivity index (χ3v) is 2.71. The summed E-state index contributed by atoms with van der Waals surface area (Å²) >= 11 is 2.41. The molecule has 0 spiro atoms. The van der Waals surface area contributed by atoms with E-state index in [9.17, 15) is 0 Å². The Morgan fingerprint density at radius 1 is 1.38 bits per heavy atom. The maximum Gasteiger partial charge on any atom is -0.00395 e. The molecule has 1 rings (SSSR count). The summed E-state index contributed by atoms with van der Waals surface area (Å²) in [6.45, 7) is 2.20. The van der Waals surface area contributed by atoms with Gasteiger partial charge in [-0.15, -0.1) is 0 Å². The lowest BCUT2D eigenvalue weighted by atomic mass is 10.1. The van der Waals surface area contributed by atoms with Gasteiger partial charge < -0.3 is 0 Å². The Morgan fingerprint density at radius 3 is 2.38 bits per heavy atom. The molecule has 0 bridgehead atoms. The number of hydrogen-bond acceptors (Lipinski definition) is 0. The van der Waals surface area contributed by atoms with Gasteiger partial charge in [0.05, 0.1) is 0 Å². The smallest absolute Gasteiger partial charge is 0.00395 e. The predicted molar refractivity (Wildman–Crippen MR) is 45.1 cm³/mol. The van der Waals surface area contributed by atoms with Crippen molar-refractivity contribution in [1.29, 1.82) is 0 Å². The fourth-order valence-corrected chi connectivity index (χ4v) is 1.21. The number of rotatable bonds is 0. The normalized spacial score (nSPS) is 19.8. The van der Waals surface area contributed by atoms with Gasteiger partial charge in [-0.05, 0) is 45.9 Å². The van der Waals surface area contributed by atoms with Crippen molar-refractivity contribution in [3.8, 4) is 0 Å². The second-order valence-corrected chi connectivity index (χ2v) is 3.37. The Balaban J connectivity index is 2.67. The van der Waals surface area contributed by atoms with Gasteiger partial charge in [-0.25, -0.2) is 0 Å². The topological polar surface area (TPSA) is 0 Å². The van der Waals surface area contributed by atoms with Crippen molar-refractivity contribution >= 4 is 22.6 Å². The second kappa shape index (κ2) is 2.67. The lowest BCUT2D eigenvalue weighted by molar-refractivity contribution is 1.11. The van der Waals surface area contributed by atoms with Crippen LogP contribution < -0.4 is 0 Å². The molecule has 0 aliphatic heterocycles. The van der Waals surface area contributed by atoms with Gasteiger partial charge >= 0.3 is 0 Å². The summed E-state index contributed by atoms with van der Waals surface area (Å²) in [5.41, 5.74) is 1.54. The van der Waals surface area contributed by atoms with E-state index in [-0.39, 0.29) is 0 Å². The zero-order valence-electron chi connectivity index (χ0n) is 4.95. The lowest BCUT2D eigenvalue weighted by Crippen LogP contribution is -1.83. The average molecular weight is 220 g/mol. The zero-order chi connectivity index (χ0) is 5.98. The lowest BCUT2D eigenvalue weighted by Gasteiger charge is -2.05. The summed E-state index contributed by atoms with van der Waals surface area (Å²) in [4.78, 5) is 0. The van der Waals surface area contributed by atoms with Gasteiger partial charge in [-0.3, -0.25) is 0 Å². The number of hydrogen-bond donors (Lipinski definition) is 0. The molecule has 0 saturated carbocycles. The van der Waals surface area contributed by atoms with E-state index in [1.807, 2.05) is 0 Å². The third-order valence-electron chi connectivity index (χ3n) is 1.35. The van der Waals surface area contributed by atoms with Crippen LogP contribution >= 0.6 is 22.6 Å². The monoisotopic (exact) mass is 220 g/mol. The number of halogens is 1. The third kappa shape index (κ3) is 1.34. The van der Waals surface area contributed by atoms with Crippen LogP contribution in [-0.4, -0.2) is 0 Å². The van der Waals surface area contributed by atoms with Gasteiger partial charge in [0.15, 0.2) is 0 Å². The van der Waals surface area contributed by atoms with E-state index in [1.165, 1.54) is 9.15 Å². The van der Waals surface area contributed by atoms with Crippen LogP contribution in [0.4, 0.5) is 0 Å². The minimum absolute atomic E-state index is 1.16. The molecule has 44 valence electrons. The van der Waals surface area contributed by atoms with Crippen molar-refractivity contribution in [2.75, 3.05) is 0 Å². The van der Waals surface area contributed by atoms with E-state index in [4.69, 9.17) is 0 Å². The van der Waals surface area contributed by atoms with Crippen LogP contribution in [0.5, 0.6) is 0 Å². The van der Waals surface area contributed by atoms with Crippen molar-refractivity contribution in [3.05, 3.63) is 21.3 Å². The van der Waals surface area contributed by atoms with Crippen LogP contribution in [0.2, 0.25) is 0 Å². The van der Waals surface area contributed by atoms with Crippen molar-refractivity contribution in [2.24, 2.45) is 0 Å². The largest absolute Gasteiger partial charge is 0.0841 e. The molecule has 0 fully saturated rings. The molecule has 8 heavy (non-hydrogen) atoms. The molecular formula is C7H9I. The van der Waals surface area contributed by atoms with Gasteiger partial charge in [-0.2, -0.15) is 0 Å². The van der Waals surface area contributed by atoms with Crippen molar-refractivity contribution in [3.63, 3.8) is 0 Å². The SMILES string of the molecule is CC1=C(I)CC=CC1. The highest BCUT2D eigenvalue weighted by Crippen LogP contribution is 2.23. The van der Waals surface area contributed by atoms with Crippen LogP contribution in [0.1, 0.15) is 19.8 Å². The molecule has 0 saturated heterocycles. The molecule has 0 atom stereocenters. The number of allylic oxidation sites excluding steroid dienone is 4. The highest BCUT2D eigenvalue weighted by molar-refractivity contribution is 14.1. The first-order chi connectivity index (χ1) is 3.80. The van der Waals surface area contributed by atoms with Crippen molar-refractivity contribution in [2.45, 2.75) is 19.8 Å². The molecule has 0 N–H and O–H groups in total. The summed E-state index contributed by atoms with van der Waals surface area (Å²) in [6, 6.07) is 0. The van der Waals surface area contributed by atoms with Gasteiger partial charge in [0.25, 0.3) is 0 Å². The molecule has 0 aromatic carbocycles. The Labute approximate surface area is 63.8 Å². The van der Waals surface area contributed by atoms with Crippen LogP contribution in [0.25, 0.3) is 0 Å². The Bertz CT molecular complexity index is 126.